The van der Waals surface area contributed by atoms with Gasteiger partial charge in [-0.3, -0.25) is 4.21 Å². The molecule has 0 fully saturated rings. The Bertz CT molecular complexity index is 212. The molecule has 16 heavy (non-hydrogen) atoms. The van der Waals surface area contributed by atoms with Crippen LogP contribution in [0.5, 0.6) is 0 Å². The van der Waals surface area contributed by atoms with Crippen molar-refractivity contribution in [2.75, 3.05) is 0 Å². The molecule has 0 spiro atoms. The number of hydrogen-bond acceptors (Lipinski definition) is 7. The van der Waals surface area contributed by atoms with E-state index in [-0.39, 0.29) is 59.1 Å². The molecule has 2 unspecified atom stereocenters. The summed E-state index contributed by atoms with van der Waals surface area (Å²) in [7, 11) is 0. The summed E-state index contributed by atoms with van der Waals surface area (Å²) < 4.78 is 25.3. The first kappa shape index (κ1) is 25.7. The van der Waals surface area contributed by atoms with Gasteiger partial charge in [-0.05, 0) is 0 Å². The SMILES string of the molecule is O=C(O)C(O)C(O)C(=O)O.O=S([O-])[O-].[Na+].[Na+]. The maximum absolute atomic E-state index is 9.77. The van der Waals surface area contributed by atoms with Crippen molar-refractivity contribution in [1.29, 1.82) is 0 Å². The van der Waals surface area contributed by atoms with Gasteiger partial charge in [-0.15, -0.1) is 11.4 Å². The number of rotatable bonds is 3. The predicted octanol–water partition coefficient (Wildman–Crippen LogP) is -9.12. The number of carboxylic acid groups (broad SMARTS) is 2. The van der Waals surface area contributed by atoms with Gasteiger partial charge in [0.05, 0.1) is 0 Å². The van der Waals surface area contributed by atoms with Crippen molar-refractivity contribution in [3.05, 3.63) is 0 Å². The van der Waals surface area contributed by atoms with Gasteiger partial charge in [0, 0.05) is 0 Å². The molecule has 0 aromatic rings. The third kappa shape index (κ3) is 17.3. The molecule has 0 saturated heterocycles. The second-order valence-electron chi connectivity index (χ2n) is 1.77. The van der Waals surface area contributed by atoms with E-state index in [2.05, 4.69) is 0 Å². The fourth-order valence-corrected chi connectivity index (χ4v) is 0.270. The van der Waals surface area contributed by atoms with E-state index in [0.29, 0.717) is 0 Å². The Morgan fingerprint density at radius 3 is 1.12 bits per heavy atom. The van der Waals surface area contributed by atoms with E-state index >= 15 is 0 Å². The second-order valence-corrected chi connectivity index (χ2v) is 2.18. The van der Waals surface area contributed by atoms with Crippen molar-refractivity contribution < 1.29 is 102 Å². The third-order valence-electron chi connectivity index (χ3n) is 0.805. The number of aliphatic carboxylic acids is 2. The summed E-state index contributed by atoms with van der Waals surface area (Å²) in [6.45, 7) is 0. The molecule has 0 rings (SSSR count). The van der Waals surface area contributed by atoms with Crippen LogP contribution in [0.15, 0.2) is 0 Å². The maximum Gasteiger partial charge on any atom is 1.00 e. The standard InChI is InChI=1S/C4H6O6.2Na.H2O3S/c5-1(3(7)8)2(6)4(9)10;;;1-4(2)3/h1-2,5-6H,(H,7,8)(H,9,10);;;(H2,1,2,3)/q;2*+1;/p-2. The molecule has 0 aliphatic carbocycles. The van der Waals surface area contributed by atoms with Gasteiger partial charge in [0.25, 0.3) is 0 Å². The molecule has 0 aliphatic rings. The van der Waals surface area contributed by atoms with E-state index in [9.17, 15) is 9.59 Å². The van der Waals surface area contributed by atoms with Crippen LogP contribution in [0.25, 0.3) is 0 Å². The molecule has 0 radical (unpaired) electrons. The van der Waals surface area contributed by atoms with Crippen molar-refractivity contribution in [2.45, 2.75) is 12.2 Å². The molecular formula is C4H6Na2O9S. The largest absolute Gasteiger partial charge is 1.00 e. The molecule has 0 bridgehead atoms. The average Bonchev–Trinajstić information content (AvgIpc) is 2.00. The molecule has 9 nitrogen and oxygen atoms in total. The fraction of sp³-hybridized carbons (Fsp3) is 0.500. The van der Waals surface area contributed by atoms with Crippen LogP contribution in [0, 0.1) is 0 Å². The van der Waals surface area contributed by atoms with Crippen LogP contribution in [0.3, 0.4) is 0 Å². The smallest absolute Gasteiger partial charge is 0.784 e. The van der Waals surface area contributed by atoms with Crippen molar-refractivity contribution in [3.8, 4) is 0 Å². The molecule has 84 valence electrons. The Balaban J connectivity index is -0.000000105. The van der Waals surface area contributed by atoms with Gasteiger partial charge < -0.3 is 29.5 Å². The molecule has 4 N–H and O–H groups in total. The van der Waals surface area contributed by atoms with Gasteiger partial charge in [0.15, 0.2) is 12.2 Å². The Hall–Kier alpha value is 0.930. The van der Waals surface area contributed by atoms with Crippen LogP contribution in [0.2, 0.25) is 0 Å². The van der Waals surface area contributed by atoms with E-state index in [0.717, 1.165) is 0 Å². The van der Waals surface area contributed by atoms with Crippen molar-refractivity contribution >= 4 is 23.3 Å². The minimum atomic E-state index is -3.11. The summed E-state index contributed by atoms with van der Waals surface area (Å²) in [5.41, 5.74) is 0. The molecule has 0 saturated carbocycles. The first-order chi connectivity index (χ1) is 6.20. The second kappa shape index (κ2) is 14.0. The van der Waals surface area contributed by atoms with E-state index < -0.39 is 35.5 Å². The van der Waals surface area contributed by atoms with Crippen LogP contribution >= 0.6 is 0 Å². The number of aliphatic hydroxyl groups excluding tert-OH is 2. The van der Waals surface area contributed by atoms with Gasteiger partial charge in [0.2, 0.25) is 0 Å². The fourth-order valence-electron chi connectivity index (χ4n) is 0.270. The third-order valence-corrected chi connectivity index (χ3v) is 0.805. The minimum Gasteiger partial charge on any atom is -0.784 e. The first-order valence-electron chi connectivity index (χ1n) is 2.78. The summed E-state index contributed by atoms with van der Waals surface area (Å²) >= 11 is -3.11. The Morgan fingerprint density at radius 2 is 1.06 bits per heavy atom. The van der Waals surface area contributed by atoms with Crippen LogP contribution in [-0.4, -0.2) is 57.9 Å². The summed E-state index contributed by atoms with van der Waals surface area (Å²) in [4.78, 5) is 19.5. The average molecular weight is 276 g/mol. The Kier molecular flexibility index (Phi) is 22.5. The molecule has 2 atom stereocenters. The zero-order valence-corrected chi connectivity index (χ0v) is 13.2. The summed E-state index contributed by atoms with van der Waals surface area (Å²) in [5, 5.41) is 32.5. The van der Waals surface area contributed by atoms with Gasteiger partial charge in [-0.25, -0.2) is 9.59 Å². The minimum absolute atomic E-state index is 0. The van der Waals surface area contributed by atoms with Gasteiger partial charge >= 0.3 is 71.1 Å². The van der Waals surface area contributed by atoms with E-state index in [1.165, 1.54) is 0 Å². The van der Waals surface area contributed by atoms with Crippen molar-refractivity contribution in [3.63, 3.8) is 0 Å². The number of hydrogen-bond donors (Lipinski definition) is 4. The maximum atomic E-state index is 9.77. The van der Waals surface area contributed by atoms with Crippen LogP contribution < -0.4 is 59.1 Å². The van der Waals surface area contributed by atoms with E-state index in [4.69, 9.17) is 33.7 Å². The van der Waals surface area contributed by atoms with Gasteiger partial charge in [-0.2, -0.15) is 0 Å². The van der Waals surface area contributed by atoms with Crippen molar-refractivity contribution in [2.24, 2.45) is 0 Å². The summed E-state index contributed by atoms with van der Waals surface area (Å²) in [6.07, 6.45) is -4.53. The van der Waals surface area contributed by atoms with Crippen LogP contribution in [0.4, 0.5) is 0 Å². The number of carbonyl (C=O) groups is 2. The topological polar surface area (TPSA) is 178 Å². The molecule has 0 aliphatic heterocycles. The Morgan fingerprint density at radius 1 is 0.938 bits per heavy atom. The van der Waals surface area contributed by atoms with Crippen LogP contribution in [0.1, 0.15) is 0 Å². The normalized spacial score (nSPS) is 12.1. The number of carboxylic acids is 2. The molecule has 0 amide bonds. The predicted molar refractivity (Wildman–Crippen MR) is 37.0 cm³/mol. The quantitative estimate of drug-likeness (QED) is 0.287. The van der Waals surface area contributed by atoms with Gasteiger partial charge in [0.1, 0.15) is 0 Å². The van der Waals surface area contributed by atoms with Gasteiger partial charge in [-0.1, -0.05) is 0 Å². The van der Waals surface area contributed by atoms with Crippen molar-refractivity contribution in [1.82, 2.24) is 0 Å². The zero-order chi connectivity index (χ0) is 11.9. The first-order valence-corrected chi connectivity index (χ1v) is 3.78. The summed E-state index contributed by atoms with van der Waals surface area (Å²) in [6, 6.07) is 0. The zero-order valence-electron chi connectivity index (χ0n) is 8.39. The molecule has 0 aromatic heterocycles. The summed E-state index contributed by atoms with van der Waals surface area (Å²) in [5.74, 6) is -3.54. The molecule has 12 heteroatoms. The monoisotopic (exact) mass is 276 g/mol. The van der Waals surface area contributed by atoms with E-state index in [1.807, 2.05) is 0 Å². The molecular weight excluding hydrogens is 270 g/mol. The molecule has 0 heterocycles. The number of aliphatic hydroxyl groups is 2. The Labute approximate surface area is 137 Å². The molecule has 0 aromatic carbocycles. The van der Waals surface area contributed by atoms with Crippen LogP contribution in [-0.2, 0) is 21.0 Å². The van der Waals surface area contributed by atoms with E-state index in [1.54, 1.807) is 0 Å².